The third kappa shape index (κ3) is 2.48. The average Bonchev–Trinajstić information content (AvgIpc) is 2.34. The van der Waals surface area contributed by atoms with Crippen molar-refractivity contribution in [3.63, 3.8) is 0 Å². The van der Waals surface area contributed by atoms with E-state index in [1.807, 2.05) is 20.2 Å². The van der Waals surface area contributed by atoms with Gasteiger partial charge in [0, 0.05) is 24.5 Å². The Bertz CT molecular complexity index is 244. The fourth-order valence-electron chi connectivity index (χ4n) is 1.20. The van der Waals surface area contributed by atoms with Gasteiger partial charge in [0.25, 0.3) is 0 Å². The molecule has 0 spiro atoms. The maximum absolute atomic E-state index is 5.87. The topological polar surface area (TPSA) is 30.7 Å². The van der Waals surface area contributed by atoms with Gasteiger partial charge in [-0.25, -0.2) is 0 Å². The van der Waals surface area contributed by atoms with E-state index in [0.717, 1.165) is 12.1 Å². The molecule has 1 heterocycles. The Hall–Kier alpha value is -0.570. The zero-order valence-electron chi connectivity index (χ0n) is 7.66. The van der Waals surface area contributed by atoms with Crippen LogP contribution in [0.1, 0.15) is 31.9 Å². The minimum Gasteiger partial charge on any atom is -0.255 e. The molecular weight excluding hydrogens is 174 g/mol. The van der Waals surface area contributed by atoms with Crippen LogP contribution >= 0.6 is 11.6 Å². The molecule has 0 radical (unpaired) electrons. The maximum atomic E-state index is 5.87. The van der Waals surface area contributed by atoms with E-state index in [2.05, 4.69) is 17.2 Å². The van der Waals surface area contributed by atoms with Gasteiger partial charge in [0.1, 0.15) is 0 Å². The zero-order chi connectivity index (χ0) is 9.14. The molecule has 3 nitrogen and oxygen atoms in total. The molecule has 0 N–H and O–H groups in total. The molecule has 2 atom stereocenters. The van der Waals surface area contributed by atoms with Gasteiger partial charge < -0.3 is 0 Å². The summed E-state index contributed by atoms with van der Waals surface area (Å²) >= 11 is 5.87. The summed E-state index contributed by atoms with van der Waals surface area (Å²) in [6.45, 7) is 4.11. The highest BCUT2D eigenvalue weighted by atomic mass is 35.5. The summed E-state index contributed by atoms with van der Waals surface area (Å²) in [5, 5.41) is 8.09. The van der Waals surface area contributed by atoms with Crippen LogP contribution in [0.4, 0.5) is 0 Å². The molecule has 0 aliphatic carbocycles. The molecule has 0 saturated heterocycles. The molecule has 2 unspecified atom stereocenters. The van der Waals surface area contributed by atoms with Crippen LogP contribution in [-0.2, 0) is 7.05 Å². The summed E-state index contributed by atoms with van der Waals surface area (Å²) < 4.78 is 1.71. The van der Waals surface area contributed by atoms with Gasteiger partial charge in [-0.2, -0.15) is 0 Å². The van der Waals surface area contributed by atoms with Crippen molar-refractivity contribution < 1.29 is 0 Å². The van der Waals surface area contributed by atoms with Gasteiger partial charge in [0.2, 0.25) is 0 Å². The Balaban J connectivity index is 2.58. The molecule has 4 heteroatoms. The fraction of sp³-hybridized carbons (Fsp3) is 0.750. The van der Waals surface area contributed by atoms with Crippen LogP contribution in [0.5, 0.6) is 0 Å². The van der Waals surface area contributed by atoms with Crippen LogP contribution in [0.15, 0.2) is 6.20 Å². The number of hydrogen-bond donors (Lipinski definition) is 0. The van der Waals surface area contributed by atoms with Crippen molar-refractivity contribution in [3.8, 4) is 0 Å². The van der Waals surface area contributed by atoms with Crippen molar-refractivity contribution in [2.75, 3.05) is 0 Å². The first-order chi connectivity index (χ1) is 5.59. The number of hydrogen-bond acceptors (Lipinski definition) is 2. The van der Waals surface area contributed by atoms with Crippen molar-refractivity contribution in [2.24, 2.45) is 7.05 Å². The number of halogens is 1. The van der Waals surface area contributed by atoms with Crippen molar-refractivity contribution in [1.29, 1.82) is 0 Å². The van der Waals surface area contributed by atoms with Crippen LogP contribution in [0.3, 0.4) is 0 Å². The van der Waals surface area contributed by atoms with Crippen molar-refractivity contribution in [2.45, 2.75) is 31.6 Å². The van der Waals surface area contributed by atoms with Crippen molar-refractivity contribution in [1.82, 2.24) is 15.0 Å². The lowest BCUT2D eigenvalue weighted by Crippen LogP contribution is -2.01. The van der Waals surface area contributed by atoms with Crippen LogP contribution in [-0.4, -0.2) is 20.4 Å². The van der Waals surface area contributed by atoms with E-state index in [4.69, 9.17) is 11.6 Å². The number of alkyl halides is 1. The SMILES string of the molecule is CC(Cl)CC(C)c1cn(C)nn1. The predicted octanol–water partition coefficient (Wildman–Crippen LogP) is 1.94. The second kappa shape index (κ2) is 3.90. The number of rotatable bonds is 3. The van der Waals surface area contributed by atoms with Gasteiger partial charge in [-0.15, -0.1) is 16.7 Å². The summed E-state index contributed by atoms with van der Waals surface area (Å²) in [7, 11) is 1.87. The van der Waals surface area contributed by atoms with E-state index >= 15 is 0 Å². The van der Waals surface area contributed by atoms with E-state index in [9.17, 15) is 0 Å². The Morgan fingerprint density at radius 3 is 2.67 bits per heavy atom. The molecule has 1 aromatic rings. The summed E-state index contributed by atoms with van der Waals surface area (Å²) in [4.78, 5) is 0. The minimum absolute atomic E-state index is 0.196. The first kappa shape index (κ1) is 9.52. The Labute approximate surface area is 77.7 Å². The molecule has 0 aliphatic rings. The third-order valence-corrected chi connectivity index (χ3v) is 1.98. The molecule has 0 amide bonds. The Kier molecular flexibility index (Phi) is 3.09. The van der Waals surface area contributed by atoms with Gasteiger partial charge in [0.15, 0.2) is 0 Å². The van der Waals surface area contributed by atoms with Gasteiger partial charge in [-0.1, -0.05) is 12.1 Å². The zero-order valence-corrected chi connectivity index (χ0v) is 8.41. The molecule has 0 aromatic carbocycles. The molecular formula is C8H14ClN3. The highest BCUT2D eigenvalue weighted by molar-refractivity contribution is 6.20. The molecule has 0 bridgehead atoms. The monoisotopic (exact) mass is 187 g/mol. The lowest BCUT2D eigenvalue weighted by Gasteiger charge is -2.08. The number of nitrogens with zero attached hydrogens (tertiary/aromatic N) is 3. The molecule has 12 heavy (non-hydrogen) atoms. The molecule has 1 rings (SSSR count). The van der Waals surface area contributed by atoms with Crippen molar-refractivity contribution in [3.05, 3.63) is 11.9 Å². The highest BCUT2D eigenvalue weighted by Crippen LogP contribution is 2.19. The van der Waals surface area contributed by atoms with E-state index < -0.39 is 0 Å². The second-order valence-corrected chi connectivity index (χ2v) is 3.98. The Morgan fingerprint density at radius 1 is 1.58 bits per heavy atom. The molecule has 68 valence electrons. The third-order valence-electron chi connectivity index (χ3n) is 1.80. The summed E-state index contributed by atoms with van der Waals surface area (Å²) in [5.41, 5.74) is 1.02. The van der Waals surface area contributed by atoms with Crippen LogP contribution < -0.4 is 0 Å². The normalized spacial score (nSPS) is 16.0. The standard InChI is InChI=1S/C8H14ClN3/c1-6(4-7(2)9)8-5-12(3)11-10-8/h5-7H,4H2,1-3H3. The fourth-order valence-corrected chi connectivity index (χ4v) is 1.47. The lowest BCUT2D eigenvalue weighted by atomic mass is 10.0. The Morgan fingerprint density at radius 2 is 2.25 bits per heavy atom. The van der Waals surface area contributed by atoms with Gasteiger partial charge in [0.05, 0.1) is 5.69 Å². The maximum Gasteiger partial charge on any atom is 0.0855 e. The van der Waals surface area contributed by atoms with Crippen LogP contribution in [0.2, 0.25) is 0 Å². The largest absolute Gasteiger partial charge is 0.255 e. The van der Waals surface area contributed by atoms with E-state index in [1.54, 1.807) is 4.68 Å². The molecule has 0 aliphatic heterocycles. The number of aromatic nitrogens is 3. The highest BCUT2D eigenvalue weighted by Gasteiger charge is 2.11. The van der Waals surface area contributed by atoms with E-state index in [1.165, 1.54) is 0 Å². The summed E-state index contributed by atoms with van der Waals surface area (Å²) in [6.07, 6.45) is 2.88. The van der Waals surface area contributed by atoms with Gasteiger partial charge in [-0.3, -0.25) is 4.68 Å². The average molecular weight is 188 g/mol. The first-order valence-electron chi connectivity index (χ1n) is 4.10. The smallest absolute Gasteiger partial charge is 0.0855 e. The molecule has 0 fully saturated rings. The van der Waals surface area contributed by atoms with Crippen LogP contribution in [0.25, 0.3) is 0 Å². The first-order valence-corrected chi connectivity index (χ1v) is 4.53. The quantitative estimate of drug-likeness (QED) is 0.678. The van der Waals surface area contributed by atoms with Crippen molar-refractivity contribution >= 4 is 11.6 Å². The predicted molar refractivity (Wildman–Crippen MR) is 49.4 cm³/mol. The van der Waals surface area contributed by atoms with Gasteiger partial charge >= 0.3 is 0 Å². The van der Waals surface area contributed by atoms with E-state index in [-0.39, 0.29) is 5.38 Å². The molecule has 1 aromatic heterocycles. The minimum atomic E-state index is 0.196. The second-order valence-electron chi connectivity index (χ2n) is 3.23. The van der Waals surface area contributed by atoms with E-state index in [0.29, 0.717) is 5.92 Å². The summed E-state index contributed by atoms with van der Waals surface area (Å²) in [6, 6.07) is 0. The summed E-state index contributed by atoms with van der Waals surface area (Å²) in [5.74, 6) is 0.395. The lowest BCUT2D eigenvalue weighted by molar-refractivity contribution is 0.648. The van der Waals surface area contributed by atoms with Gasteiger partial charge in [-0.05, 0) is 13.3 Å². The molecule has 0 saturated carbocycles. The number of aryl methyl sites for hydroxylation is 1. The van der Waals surface area contributed by atoms with Crippen LogP contribution in [0, 0.1) is 0 Å².